The molecule has 1 aliphatic rings. The molecule has 1 amide bonds. The summed E-state index contributed by atoms with van der Waals surface area (Å²) < 4.78 is 5.24. The highest BCUT2D eigenvalue weighted by Crippen LogP contribution is 2.29. The van der Waals surface area contributed by atoms with Gasteiger partial charge < -0.3 is 15.8 Å². The Morgan fingerprint density at radius 2 is 1.85 bits per heavy atom. The molecular formula is C21H22N4O2. The van der Waals surface area contributed by atoms with Crippen molar-refractivity contribution in [2.24, 2.45) is 15.9 Å². The van der Waals surface area contributed by atoms with E-state index in [0.29, 0.717) is 12.3 Å². The van der Waals surface area contributed by atoms with Crippen LogP contribution in [0.5, 0.6) is 5.75 Å². The Hall–Kier alpha value is -3.41. The molecule has 0 aliphatic heterocycles. The first-order valence-corrected chi connectivity index (χ1v) is 8.60. The Labute approximate surface area is 158 Å². The van der Waals surface area contributed by atoms with Crippen LogP contribution in [0, 0.1) is 0 Å². The summed E-state index contributed by atoms with van der Waals surface area (Å²) in [6.45, 7) is 3.54. The first-order chi connectivity index (χ1) is 13.0. The number of rotatable bonds is 5. The molecule has 2 aromatic rings. The lowest BCUT2D eigenvalue weighted by Crippen LogP contribution is -2.14. The zero-order valence-corrected chi connectivity index (χ0v) is 15.6. The maximum Gasteiger partial charge on any atom is 0.251 e. The number of benzene rings is 2. The van der Waals surface area contributed by atoms with E-state index in [4.69, 9.17) is 10.5 Å². The van der Waals surface area contributed by atoms with E-state index in [0.717, 1.165) is 39.4 Å². The van der Waals surface area contributed by atoms with E-state index in [2.05, 4.69) is 15.5 Å². The molecule has 6 nitrogen and oxygen atoms in total. The number of nitrogens with one attached hydrogen (secondary N) is 1. The van der Waals surface area contributed by atoms with Crippen LogP contribution in [0.25, 0.3) is 6.08 Å². The predicted octanol–water partition coefficient (Wildman–Crippen LogP) is 3.37. The summed E-state index contributed by atoms with van der Waals surface area (Å²) in [4.78, 5) is 12.6. The third-order valence-corrected chi connectivity index (χ3v) is 4.27. The van der Waals surface area contributed by atoms with E-state index >= 15 is 0 Å². The van der Waals surface area contributed by atoms with Gasteiger partial charge in [-0.2, -0.15) is 5.10 Å². The van der Waals surface area contributed by atoms with E-state index < -0.39 is 0 Å². The van der Waals surface area contributed by atoms with E-state index in [9.17, 15) is 4.79 Å². The first-order valence-electron chi connectivity index (χ1n) is 8.60. The normalized spacial score (nSPS) is 13.8. The number of amides is 1. The lowest BCUT2D eigenvalue weighted by atomic mass is 10.1. The van der Waals surface area contributed by atoms with Gasteiger partial charge in [0.05, 0.1) is 12.8 Å². The molecule has 27 heavy (non-hydrogen) atoms. The van der Waals surface area contributed by atoms with Crippen molar-refractivity contribution in [2.45, 2.75) is 20.3 Å². The van der Waals surface area contributed by atoms with Gasteiger partial charge in [0.25, 0.3) is 5.91 Å². The fraction of sp³-hybridized carbons (Fsp3) is 0.190. The number of ether oxygens (including phenoxy) is 1. The lowest BCUT2D eigenvalue weighted by Gasteiger charge is -2.07. The van der Waals surface area contributed by atoms with Crippen LogP contribution < -0.4 is 15.8 Å². The van der Waals surface area contributed by atoms with Crippen molar-refractivity contribution in [1.29, 1.82) is 0 Å². The predicted molar refractivity (Wildman–Crippen MR) is 109 cm³/mol. The van der Waals surface area contributed by atoms with Crippen LogP contribution in [0.3, 0.4) is 0 Å². The summed E-state index contributed by atoms with van der Waals surface area (Å²) in [5.41, 5.74) is 10.8. The fourth-order valence-electron chi connectivity index (χ4n) is 2.80. The van der Waals surface area contributed by atoms with E-state index in [1.54, 1.807) is 14.0 Å². The molecule has 0 aromatic heterocycles. The standard InChI is InChI=1S/C21H22N4O2/c1-13(24-25-14(2)22)15-4-7-19(8-5-15)23-21(26)18-10-16-6-9-20(27-3)12-17(16)11-18/h4-9,11-12H,10H2,1-3H3,(H2,22,25)(H,23,26)/b24-13+. The molecule has 0 saturated carbocycles. The second kappa shape index (κ2) is 7.86. The highest BCUT2D eigenvalue weighted by molar-refractivity contribution is 6.08. The number of nitrogens with zero attached hydrogens (tertiary/aromatic N) is 2. The molecule has 0 saturated heterocycles. The molecular weight excluding hydrogens is 340 g/mol. The number of hydrogen-bond donors (Lipinski definition) is 2. The van der Waals surface area contributed by atoms with Crippen LogP contribution in [0.2, 0.25) is 0 Å². The van der Waals surface area contributed by atoms with Crippen molar-refractivity contribution in [2.75, 3.05) is 12.4 Å². The van der Waals surface area contributed by atoms with Gasteiger partial charge >= 0.3 is 0 Å². The second-order valence-corrected chi connectivity index (χ2v) is 6.37. The van der Waals surface area contributed by atoms with Crippen LogP contribution in [0.15, 0.2) is 58.2 Å². The summed E-state index contributed by atoms with van der Waals surface area (Å²) in [6, 6.07) is 13.3. The van der Waals surface area contributed by atoms with Gasteiger partial charge in [-0.3, -0.25) is 4.79 Å². The average Bonchev–Trinajstić information content (AvgIpc) is 3.10. The lowest BCUT2D eigenvalue weighted by molar-refractivity contribution is -0.112. The van der Waals surface area contributed by atoms with Gasteiger partial charge in [-0.1, -0.05) is 18.2 Å². The molecule has 0 radical (unpaired) electrons. The van der Waals surface area contributed by atoms with E-state index in [-0.39, 0.29) is 5.91 Å². The SMILES string of the molecule is COc1ccc2c(c1)C=C(C(=O)Nc1ccc(/C(C)=N/N=C(C)N)cc1)C2. The van der Waals surface area contributed by atoms with Crippen LogP contribution in [-0.2, 0) is 11.2 Å². The molecule has 0 heterocycles. The molecule has 3 rings (SSSR count). The third kappa shape index (κ3) is 4.41. The summed E-state index contributed by atoms with van der Waals surface area (Å²) >= 11 is 0. The number of methoxy groups -OCH3 is 1. The quantitative estimate of drug-likeness (QED) is 0.485. The minimum absolute atomic E-state index is 0.105. The van der Waals surface area contributed by atoms with Crippen molar-refractivity contribution in [1.82, 2.24) is 0 Å². The van der Waals surface area contributed by atoms with Crippen molar-refractivity contribution >= 4 is 29.2 Å². The Kier molecular flexibility index (Phi) is 5.35. The van der Waals surface area contributed by atoms with Gasteiger partial charge in [0.1, 0.15) is 11.6 Å². The Bertz CT molecular complexity index is 953. The maximum atomic E-state index is 12.6. The molecule has 1 aliphatic carbocycles. The zero-order valence-electron chi connectivity index (χ0n) is 15.6. The van der Waals surface area contributed by atoms with E-state index in [1.165, 1.54) is 0 Å². The molecule has 0 spiro atoms. The number of hydrogen-bond acceptors (Lipinski definition) is 4. The molecule has 0 fully saturated rings. The average molecular weight is 362 g/mol. The number of amidine groups is 1. The number of anilines is 1. The van der Waals surface area contributed by atoms with Crippen molar-refractivity contribution in [3.05, 3.63) is 64.7 Å². The van der Waals surface area contributed by atoms with Crippen LogP contribution in [0.4, 0.5) is 5.69 Å². The van der Waals surface area contributed by atoms with Crippen molar-refractivity contribution in [3.63, 3.8) is 0 Å². The van der Waals surface area contributed by atoms with Gasteiger partial charge in [0, 0.05) is 17.7 Å². The first kappa shape index (κ1) is 18.4. The van der Waals surface area contributed by atoms with Crippen LogP contribution >= 0.6 is 0 Å². The second-order valence-electron chi connectivity index (χ2n) is 6.37. The Morgan fingerprint density at radius 3 is 2.52 bits per heavy atom. The molecule has 0 atom stereocenters. The summed E-state index contributed by atoms with van der Waals surface area (Å²) in [5, 5.41) is 10.8. The van der Waals surface area contributed by atoms with Gasteiger partial charge in [0.15, 0.2) is 0 Å². The zero-order chi connectivity index (χ0) is 19.4. The number of carbonyl (C=O) groups excluding carboxylic acids is 1. The molecule has 138 valence electrons. The fourth-order valence-corrected chi connectivity index (χ4v) is 2.80. The highest BCUT2D eigenvalue weighted by Gasteiger charge is 2.19. The molecule has 0 unspecified atom stereocenters. The van der Waals surface area contributed by atoms with Gasteiger partial charge in [-0.15, -0.1) is 5.10 Å². The van der Waals surface area contributed by atoms with Crippen LogP contribution in [-0.4, -0.2) is 24.6 Å². The van der Waals surface area contributed by atoms with Crippen LogP contribution in [0.1, 0.15) is 30.5 Å². The van der Waals surface area contributed by atoms with E-state index in [1.807, 2.05) is 55.5 Å². The minimum atomic E-state index is -0.105. The van der Waals surface area contributed by atoms with Crippen molar-refractivity contribution in [3.8, 4) is 5.75 Å². The Balaban J connectivity index is 1.68. The summed E-state index contributed by atoms with van der Waals surface area (Å²) in [5.74, 6) is 1.08. The van der Waals surface area contributed by atoms with Gasteiger partial charge in [-0.05, 0) is 60.9 Å². The smallest absolute Gasteiger partial charge is 0.251 e. The van der Waals surface area contributed by atoms with Gasteiger partial charge in [0.2, 0.25) is 0 Å². The minimum Gasteiger partial charge on any atom is -0.497 e. The highest BCUT2D eigenvalue weighted by atomic mass is 16.5. The molecule has 3 N–H and O–H groups in total. The summed E-state index contributed by atoms with van der Waals surface area (Å²) in [6.07, 6.45) is 2.52. The number of carbonyl (C=O) groups is 1. The third-order valence-electron chi connectivity index (χ3n) is 4.27. The van der Waals surface area contributed by atoms with Gasteiger partial charge in [-0.25, -0.2) is 0 Å². The van der Waals surface area contributed by atoms with Crippen molar-refractivity contribution < 1.29 is 9.53 Å². The molecule has 0 bridgehead atoms. The largest absolute Gasteiger partial charge is 0.497 e. The monoisotopic (exact) mass is 362 g/mol. The number of fused-ring (bicyclic) bond motifs is 1. The number of nitrogens with two attached hydrogens (primary N) is 1. The Morgan fingerprint density at radius 1 is 1.11 bits per heavy atom. The molecule has 6 heteroatoms. The maximum absolute atomic E-state index is 12.6. The summed E-state index contributed by atoms with van der Waals surface area (Å²) in [7, 11) is 1.63. The molecule has 2 aromatic carbocycles. The topological polar surface area (TPSA) is 89.1 Å².